The van der Waals surface area contributed by atoms with Crippen LogP contribution in [-0.2, 0) is 4.79 Å². The molecule has 2 N–H and O–H groups in total. The van der Waals surface area contributed by atoms with Gasteiger partial charge in [-0.25, -0.2) is 4.79 Å². The van der Waals surface area contributed by atoms with Gasteiger partial charge in [0.25, 0.3) is 5.91 Å². The average molecular weight is 306 g/mol. The third-order valence-corrected chi connectivity index (χ3v) is 3.12. The first-order valence-corrected chi connectivity index (χ1v) is 6.83. The summed E-state index contributed by atoms with van der Waals surface area (Å²) in [5, 5.41) is 20.4. The van der Waals surface area contributed by atoms with Gasteiger partial charge in [0.15, 0.2) is 0 Å². The third-order valence-electron chi connectivity index (χ3n) is 3.12. The number of nitrogens with zero attached hydrogens (tertiary/aromatic N) is 1. The van der Waals surface area contributed by atoms with Crippen molar-refractivity contribution in [3.8, 4) is 6.07 Å². The summed E-state index contributed by atoms with van der Waals surface area (Å²) in [5.74, 6) is -1.55. The zero-order chi connectivity index (χ0) is 16.8. The van der Waals surface area contributed by atoms with Gasteiger partial charge in [0.05, 0.1) is 0 Å². The van der Waals surface area contributed by atoms with E-state index in [0.29, 0.717) is 16.8 Å². The molecule has 2 aromatic carbocycles. The van der Waals surface area contributed by atoms with Gasteiger partial charge in [-0.1, -0.05) is 29.8 Å². The molecular weight excluding hydrogens is 292 g/mol. The van der Waals surface area contributed by atoms with Crippen molar-refractivity contribution in [3.05, 3.63) is 70.8 Å². The molecule has 0 aliphatic rings. The zero-order valence-electron chi connectivity index (χ0n) is 12.4. The number of aryl methyl sites for hydroxylation is 1. The second-order valence-electron chi connectivity index (χ2n) is 4.92. The van der Waals surface area contributed by atoms with Gasteiger partial charge in [0.1, 0.15) is 11.6 Å². The molecule has 2 rings (SSSR count). The third kappa shape index (κ3) is 4.29. The Morgan fingerprint density at radius 1 is 1.17 bits per heavy atom. The minimum Gasteiger partial charge on any atom is -0.477 e. The van der Waals surface area contributed by atoms with Gasteiger partial charge in [0, 0.05) is 11.3 Å². The van der Waals surface area contributed by atoms with Crippen LogP contribution in [0.3, 0.4) is 0 Å². The molecule has 0 aliphatic heterocycles. The van der Waals surface area contributed by atoms with Gasteiger partial charge in [-0.15, -0.1) is 0 Å². The number of anilines is 1. The Morgan fingerprint density at radius 3 is 2.48 bits per heavy atom. The molecule has 0 unspecified atom stereocenters. The molecule has 0 atom stereocenters. The Kier molecular flexibility index (Phi) is 4.90. The van der Waals surface area contributed by atoms with Crippen LogP contribution in [-0.4, -0.2) is 17.0 Å². The molecule has 5 nitrogen and oxygen atoms in total. The van der Waals surface area contributed by atoms with E-state index in [1.54, 1.807) is 42.5 Å². The topological polar surface area (TPSA) is 90.2 Å². The highest BCUT2D eigenvalue weighted by atomic mass is 16.4. The average Bonchev–Trinajstić information content (AvgIpc) is 2.53. The van der Waals surface area contributed by atoms with Crippen LogP contribution in [0, 0.1) is 18.3 Å². The van der Waals surface area contributed by atoms with Gasteiger partial charge in [-0.3, -0.25) is 4.79 Å². The molecule has 2 aromatic rings. The predicted octanol–water partition coefficient (Wildman–Crippen LogP) is 3.24. The number of aliphatic carboxylic acids is 1. The largest absolute Gasteiger partial charge is 0.477 e. The lowest BCUT2D eigenvalue weighted by atomic mass is 10.1. The van der Waals surface area contributed by atoms with E-state index in [-0.39, 0.29) is 11.5 Å². The number of carbonyl (C=O) groups is 2. The summed E-state index contributed by atoms with van der Waals surface area (Å²) in [5.41, 5.74) is 2.26. The molecule has 0 spiro atoms. The summed E-state index contributed by atoms with van der Waals surface area (Å²) < 4.78 is 0. The van der Waals surface area contributed by atoms with Gasteiger partial charge in [-0.2, -0.15) is 5.26 Å². The van der Waals surface area contributed by atoms with Crippen molar-refractivity contribution in [2.75, 3.05) is 5.32 Å². The van der Waals surface area contributed by atoms with E-state index in [0.717, 1.165) is 5.56 Å². The Labute approximate surface area is 133 Å². The first-order valence-electron chi connectivity index (χ1n) is 6.83. The summed E-state index contributed by atoms with van der Waals surface area (Å²) >= 11 is 0. The fourth-order valence-corrected chi connectivity index (χ4v) is 1.92. The normalized spacial score (nSPS) is 10.7. The summed E-state index contributed by atoms with van der Waals surface area (Å²) in [6.07, 6.45) is 1.25. The lowest BCUT2D eigenvalue weighted by Gasteiger charge is -2.06. The molecule has 1 amide bonds. The molecule has 0 aromatic heterocycles. The number of benzene rings is 2. The van der Waals surface area contributed by atoms with Crippen molar-refractivity contribution in [2.45, 2.75) is 6.92 Å². The highest BCUT2D eigenvalue weighted by molar-refractivity contribution is 6.04. The van der Waals surface area contributed by atoms with E-state index in [2.05, 4.69) is 5.32 Å². The molecule has 0 fully saturated rings. The van der Waals surface area contributed by atoms with Gasteiger partial charge >= 0.3 is 5.97 Å². The van der Waals surface area contributed by atoms with Crippen LogP contribution in [0.5, 0.6) is 0 Å². The van der Waals surface area contributed by atoms with Crippen LogP contribution in [0.4, 0.5) is 5.69 Å². The summed E-state index contributed by atoms with van der Waals surface area (Å²) in [6, 6.07) is 15.4. The maximum absolute atomic E-state index is 12.2. The molecule has 0 saturated carbocycles. The summed E-state index contributed by atoms with van der Waals surface area (Å²) in [7, 11) is 0. The van der Waals surface area contributed by atoms with Gasteiger partial charge < -0.3 is 10.4 Å². The maximum Gasteiger partial charge on any atom is 0.346 e. The number of carboxylic acids is 1. The lowest BCUT2D eigenvalue weighted by Crippen LogP contribution is -2.11. The van der Waals surface area contributed by atoms with Crippen molar-refractivity contribution < 1.29 is 14.7 Å². The van der Waals surface area contributed by atoms with E-state index in [1.165, 1.54) is 6.08 Å². The van der Waals surface area contributed by atoms with Crippen LogP contribution in [0.2, 0.25) is 0 Å². The lowest BCUT2D eigenvalue weighted by molar-refractivity contribution is -0.132. The van der Waals surface area contributed by atoms with Crippen LogP contribution >= 0.6 is 0 Å². The number of hydrogen-bond donors (Lipinski definition) is 2. The van der Waals surface area contributed by atoms with Crippen molar-refractivity contribution in [3.63, 3.8) is 0 Å². The number of rotatable bonds is 4. The summed E-state index contributed by atoms with van der Waals surface area (Å²) in [4.78, 5) is 23.0. The number of hydrogen-bond acceptors (Lipinski definition) is 3. The van der Waals surface area contributed by atoms with E-state index in [1.807, 2.05) is 19.1 Å². The highest BCUT2D eigenvalue weighted by Gasteiger charge is 2.08. The van der Waals surface area contributed by atoms with E-state index >= 15 is 0 Å². The summed E-state index contributed by atoms with van der Waals surface area (Å²) in [6.45, 7) is 1.94. The van der Waals surface area contributed by atoms with E-state index < -0.39 is 5.97 Å². The van der Waals surface area contributed by atoms with Crippen LogP contribution in [0.1, 0.15) is 21.5 Å². The Bertz CT molecular complexity index is 815. The molecule has 0 heterocycles. The van der Waals surface area contributed by atoms with Crippen molar-refractivity contribution >= 4 is 23.6 Å². The maximum atomic E-state index is 12.2. The number of carboxylic acid groups (broad SMARTS) is 1. The smallest absolute Gasteiger partial charge is 0.346 e. The van der Waals surface area contributed by atoms with E-state index in [9.17, 15) is 9.59 Å². The van der Waals surface area contributed by atoms with Crippen molar-refractivity contribution in [1.29, 1.82) is 5.26 Å². The highest BCUT2D eigenvalue weighted by Crippen LogP contribution is 2.15. The first-order chi connectivity index (χ1) is 11.0. The second-order valence-corrected chi connectivity index (χ2v) is 4.92. The number of nitrogens with one attached hydrogen (secondary N) is 1. The molecule has 0 bridgehead atoms. The molecule has 0 radical (unpaired) electrons. The molecular formula is C18H14N2O3. The predicted molar refractivity (Wildman–Crippen MR) is 86.8 cm³/mol. The van der Waals surface area contributed by atoms with Crippen LogP contribution in [0.25, 0.3) is 6.08 Å². The van der Waals surface area contributed by atoms with Crippen molar-refractivity contribution in [1.82, 2.24) is 0 Å². The quantitative estimate of drug-likeness (QED) is 0.670. The fourth-order valence-electron chi connectivity index (χ4n) is 1.92. The zero-order valence-corrected chi connectivity index (χ0v) is 12.4. The van der Waals surface area contributed by atoms with Crippen LogP contribution < -0.4 is 5.32 Å². The van der Waals surface area contributed by atoms with Gasteiger partial charge in [0.2, 0.25) is 0 Å². The molecule has 5 heteroatoms. The van der Waals surface area contributed by atoms with Crippen molar-refractivity contribution in [2.24, 2.45) is 0 Å². The fraction of sp³-hybridized carbons (Fsp3) is 0.0556. The number of nitriles is 1. The Hall–Kier alpha value is -3.39. The monoisotopic (exact) mass is 306 g/mol. The SMILES string of the molecule is Cc1ccc(C(=O)Nc2cccc(/C=C(\C#N)C(=O)O)c2)cc1. The Morgan fingerprint density at radius 2 is 1.87 bits per heavy atom. The number of amides is 1. The standard InChI is InChI=1S/C18H14N2O3/c1-12-5-7-14(8-6-12)17(21)20-16-4-2-3-13(10-16)9-15(11-19)18(22)23/h2-10H,1H3,(H,20,21)(H,22,23)/b15-9+. The Balaban J connectivity index is 2.20. The molecule has 114 valence electrons. The molecule has 23 heavy (non-hydrogen) atoms. The van der Waals surface area contributed by atoms with E-state index in [4.69, 9.17) is 10.4 Å². The number of carbonyl (C=O) groups excluding carboxylic acids is 1. The minimum absolute atomic E-state index is 0.259. The molecule has 0 aliphatic carbocycles. The first kappa shape index (κ1) is 16.0. The second kappa shape index (κ2) is 7.05. The van der Waals surface area contributed by atoms with Gasteiger partial charge in [-0.05, 0) is 42.8 Å². The van der Waals surface area contributed by atoms with Crippen LogP contribution in [0.15, 0.2) is 54.1 Å². The molecule has 0 saturated heterocycles. The minimum atomic E-state index is -1.29.